The molecule has 1 aromatic heterocycles. The molecule has 1 aromatic carbocycles. The van der Waals surface area contributed by atoms with Crippen molar-refractivity contribution in [3.05, 3.63) is 52.8 Å². The highest BCUT2D eigenvalue weighted by Crippen LogP contribution is 2.17. The molecule has 0 unspecified atom stereocenters. The average Bonchev–Trinajstić information content (AvgIpc) is 2.99. The number of nitrogens with zero attached hydrogens (tertiary/aromatic N) is 1. The van der Waals surface area contributed by atoms with Crippen molar-refractivity contribution in [2.24, 2.45) is 0 Å². The van der Waals surface area contributed by atoms with Crippen molar-refractivity contribution in [1.29, 1.82) is 0 Å². The van der Waals surface area contributed by atoms with Crippen LogP contribution in [0.15, 0.2) is 35.2 Å². The van der Waals surface area contributed by atoms with Crippen molar-refractivity contribution in [2.45, 2.75) is 52.0 Å². The van der Waals surface area contributed by atoms with Crippen LogP contribution < -0.4 is 4.72 Å². The van der Waals surface area contributed by atoms with Gasteiger partial charge in [0.2, 0.25) is 15.8 Å². The first-order valence-corrected chi connectivity index (χ1v) is 11.2. The van der Waals surface area contributed by atoms with E-state index in [4.69, 9.17) is 4.74 Å². The molecule has 0 aliphatic carbocycles. The Labute approximate surface area is 172 Å². The second kappa shape index (κ2) is 9.84. The Morgan fingerprint density at radius 2 is 1.83 bits per heavy atom. The lowest BCUT2D eigenvalue weighted by Gasteiger charge is -2.09. The fourth-order valence-corrected chi connectivity index (χ4v) is 4.23. The van der Waals surface area contributed by atoms with Gasteiger partial charge in [-0.05, 0) is 51.0 Å². The predicted octanol–water partition coefficient (Wildman–Crippen LogP) is 3.24. The van der Waals surface area contributed by atoms with E-state index in [2.05, 4.69) is 16.2 Å². The van der Waals surface area contributed by atoms with E-state index in [-0.39, 0.29) is 16.2 Å². The third-order valence-electron chi connectivity index (χ3n) is 4.58. The Bertz CT molecular complexity index is 992. The summed E-state index contributed by atoms with van der Waals surface area (Å²) in [6, 6.07) is 7.38. The number of sulfonamides is 1. The molecule has 0 saturated carbocycles. The zero-order valence-corrected chi connectivity index (χ0v) is 18.1. The van der Waals surface area contributed by atoms with E-state index in [0.29, 0.717) is 18.5 Å². The van der Waals surface area contributed by atoms with E-state index in [9.17, 15) is 18.0 Å². The summed E-state index contributed by atoms with van der Waals surface area (Å²) >= 11 is 0. The minimum Gasteiger partial charge on any atom is -0.454 e. The number of aryl methyl sites for hydroxylation is 1. The maximum atomic E-state index is 12.5. The first kappa shape index (κ1) is 22.8. The highest BCUT2D eigenvalue weighted by atomic mass is 32.2. The van der Waals surface area contributed by atoms with Gasteiger partial charge in [0.1, 0.15) is 0 Å². The van der Waals surface area contributed by atoms with Crippen molar-refractivity contribution in [2.75, 3.05) is 13.2 Å². The maximum Gasteiger partial charge on any atom is 0.338 e. The lowest BCUT2D eigenvalue weighted by molar-refractivity contribution is 0.0474. The molecule has 0 fully saturated rings. The molecule has 0 radical (unpaired) electrons. The van der Waals surface area contributed by atoms with Gasteiger partial charge in [-0.15, -0.1) is 0 Å². The summed E-state index contributed by atoms with van der Waals surface area (Å²) in [4.78, 5) is 24.8. The van der Waals surface area contributed by atoms with Gasteiger partial charge in [-0.1, -0.05) is 19.9 Å². The standard InChI is InChI=1S/C21H28N2O5S/c1-5-10-22-29(26,27)18-9-7-8-17(13-18)21(25)28-14-20(24)19-12-15(3)23(11-6-2)16(19)4/h7-9,12-13,22H,5-6,10-11,14H2,1-4H3. The number of esters is 1. The number of ketones is 1. The first-order chi connectivity index (χ1) is 13.7. The van der Waals surface area contributed by atoms with Crippen LogP contribution >= 0.6 is 0 Å². The molecule has 0 atom stereocenters. The Kier molecular flexibility index (Phi) is 7.75. The number of benzene rings is 1. The minimum atomic E-state index is -3.69. The highest BCUT2D eigenvalue weighted by Gasteiger charge is 2.19. The first-order valence-electron chi connectivity index (χ1n) is 9.68. The number of aromatic nitrogens is 1. The van der Waals surface area contributed by atoms with Gasteiger partial charge >= 0.3 is 5.97 Å². The van der Waals surface area contributed by atoms with E-state index in [1.54, 1.807) is 6.07 Å². The molecule has 1 heterocycles. The number of Topliss-reactive ketones (excluding diaryl/α,β-unsaturated/α-hetero) is 1. The van der Waals surface area contributed by atoms with Gasteiger partial charge in [0.25, 0.3) is 0 Å². The molecule has 0 amide bonds. The molecule has 0 aliphatic rings. The highest BCUT2D eigenvalue weighted by molar-refractivity contribution is 7.89. The molecular weight excluding hydrogens is 392 g/mol. The van der Waals surface area contributed by atoms with E-state index < -0.39 is 22.6 Å². The lowest BCUT2D eigenvalue weighted by atomic mass is 10.1. The molecule has 1 N–H and O–H groups in total. The van der Waals surface area contributed by atoms with E-state index in [1.165, 1.54) is 24.3 Å². The van der Waals surface area contributed by atoms with Crippen LogP contribution in [-0.2, 0) is 21.3 Å². The van der Waals surface area contributed by atoms with Crippen LogP contribution in [0.1, 0.15) is 58.8 Å². The second-order valence-electron chi connectivity index (χ2n) is 6.86. The van der Waals surface area contributed by atoms with Gasteiger partial charge in [0.05, 0.1) is 10.5 Å². The largest absolute Gasteiger partial charge is 0.454 e. The van der Waals surface area contributed by atoms with Gasteiger partial charge < -0.3 is 9.30 Å². The van der Waals surface area contributed by atoms with Crippen molar-refractivity contribution in [1.82, 2.24) is 9.29 Å². The molecule has 2 aromatic rings. The summed E-state index contributed by atoms with van der Waals surface area (Å²) in [5.41, 5.74) is 2.44. The second-order valence-corrected chi connectivity index (χ2v) is 8.63. The van der Waals surface area contributed by atoms with Crippen LogP contribution in [0.5, 0.6) is 0 Å². The molecule has 0 saturated heterocycles. The summed E-state index contributed by atoms with van der Waals surface area (Å²) in [5, 5.41) is 0. The topological polar surface area (TPSA) is 94.5 Å². The van der Waals surface area contributed by atoms with Crippen molar-refractivity contribution in [3.8, 4) is 0 Å². The molecule has 2 rings (SSSR count). The van der Waals surface area contributed by atoms with Crippen LogP contribution in [0.3, 0.4) is 0 Å². The molecular formula is C21H28N2O5S. The normalized spacial score (nSPS) is 11.4. The number of ether oxygens (including phenoxy) is 1. The van der Waals surface area contributed by atoms with Crippen molar-refractivity contribution >= 4 is 21.8 Å². The van der Waals surface area contributed by atoms with E-state index in [1.807, 2.05) is 20.8 Å². The quantitative estimate of drug-likeness (QED) is 0.470. The monoisotopic (exact) mass is 420 g/mol. The smallest absolute Gasteiger partial charge is 0.338 e. The summed E-state index contributed by atoms with van der Waals surface area (Å²) in [7, 11) is -3.69. The zero-order valence-electron chi connectivity index (χ0n) is 17.3. The van der Waals surface area contributed by atoms with Crippen LogP contribution in [-0.4, -0.2) is 37.9 Å². The van der Waals surface area contributed by atoms with Crippen LogP contribution in [0.4, 0.5) is 0 Å². The number of hydrogen-bond acceptors (Lipinski definition) is 5. The van der Waals surface area contributed by atoms with Gasteiger partial charge in [0, 0.05) is 30.0 Å². The third-order valence-corrected chi connectivity index (χ3v) is 6.04. The number of carbonyl (C=O) groups excluding carboxylic acids is 2. The fourth-order valence-electron chi connectivity index (χ4n) is 3.05. The van der Waals surface area contributed by atoms with Gasteiger partial charge in [-0.3, -0.25) is 4.79 Å². The molecule has 8 heteroatoms. The van der Waals surface area contributed by atoms with Gasteiger partial charge in [-0.2, -0.15) is 0 Å². The minimum absolute atomic E-state index is 0.0187. The van der Waals surface area contributed by atoms with Gasteiger partial charge in [0.15, 0.2) is 6.61 Å². The summed E-state index contributed by atoms with van der Waals surface area (Å²) in [6.45, 7) is 8.45. The summed E-state index contributed by atoms with van der Waals surface area (Å²) < 4.78 is 34.1. The Balaban J connectivity index is 2.09. The van der Waals surface area contributed by atoms with Crippen LogP contribution in [0.2, 0.25) is 0 Å². The SMILES string of the molecule is CCCNS(=O)(=O)c1cccc(C(=O)OCC(=O)c2cc(C)n(CCC)c2C)c1. The molecule has 7 nitrogen and oxygen atoms in total. The van der Waals surface area contributed by atoms with Crippen LogP contribution in [0, 0.1) is 13.8 Å². The maximum absolute atomic E-state index is 12.5. The number of rotatable bonds is 10. The molecule has 0 aliphatic heterocycles. The average molecular weight is 421 g/mol. The Hall–Kier alpha value is -2.45. The Morgan fingerprint density at radius 1 is 1.10 bits per heavy atom. The number of carbonyl (C=O) groups is 2. The van der Waals surface area contributed by atoms with Crippen molar-refractivity contribution in [3.63, 3.8) is 0 Å². The molecule has 0 spiro atoms. The number of nitrogens with one attached hydrogen (secondary N) is 1. The number of hydrogen-bond donors (Lipinski definition) is 1. The predicted molar refractivity (Wildman–Crippen MR) is 111 cm³/mol. The van der Waals surface area contributed by atoms with Crippen molar-refractivity contribution < 1.29 is 22.7 Å². The zero-order chi connectivity index (χ0) is 21.6. The van der Waals surface area contributed by atoms with Crippen LogP contribution in [0.25, 0.3) is 0 Å². The van der Waals surface area contributed by atoms with E-state index in [0.717, 1.165) is 24.4 Å². The lowest BCUT2D eigenvalue weighted by Crippen LogP contribution is -2.24. The molecule has 29 heavy (non-hydrogen) atoms. The van der Waals surface area contributed by atoms with Gasteiger partial charge in [-0.25, -0.2) is 17.9 Å². The Morgan fingerprint density at radius 3 is 2.48 bits per heavy atom. The summed E-state index contributed by atoms with van der Waals surface area (Å²) in [6.07, 6.45) is 1.60. The molecule has 0 bridgehead atoms. The summed E-state index contributed by atoms with van der Waals surface area (Å²) in [5.74, 6) is -1.03. The molecule has 158 valence electrons. The third kappa shape index (κ3) is 5.55. The fraction of sp³-hybridized carbons (Fsp3) is 0.429. The van der Waals surface area contributed by atoms with E-state index >= 15 is 0 Å².